The van der Waals surface area contributed by atoms with Crippen molar-refractivity contribution >= 4 is 10.9 Å². The van der Waals surface area contributed by atoms with E-state index in [-0.39, 0.29) is 28.0 Å². The second kappa shape index (κ2) is 8.62. The summed E-state index contributed by atoms with van der Waals surface area (Å²) in [6, 6.07) is 11.1. The van der Waals surface area contributed by atoms with Crippen molar-refractivity contribution in [1.29, 1.82) is 0 Å². The molecule has 1 atom stereocenters. The standard InChI is InChI=1S/C30H23F4N3O2/c1-30(10-12-38-27-17(15-5-6-15)3-2-4-20(27)30)22-14-36-29(37-22)19-13-16(7-8-21(19)31)39-28-23(32)18-9-11-35-26(18)24(33)25(28)34/h2-4,7-9,11,13-15,35H,5-6,10,12H2,1H3,(H,36,37). The maximum absolute atomic E-state index is 15.0. The van der Waals surface area contributed by atoms with Gasteiger partial charge in [-0.15, -0.1) is 0 Å². The van der Waals surface area contributed by atoms with Gasteiger partial charge in [-0.1, -0.05) is 18.2 Å². The first-order chi connectivity index (χ1) is 18.8. The van der Waals surface area contributed by atoms with E-state index in [1.165, 1.54) is 30.0 Å². The van der Waals surface area contributed by atoms with Gasteiger partial charge in [0.2, 0.25) is 11.6 Å². The number of nitrogens with one attached hydrogen (secondary N) is 2. The van der Waals surface area contributed by atoms with Gasteiger partial charge >= 0.3 is 0 Å². The molecule has 39 heavy (non-hydrogen) atoms. The number of ether oxygens (including phenoxy) is 2. The van der Waals surface area contributed by atoms with Crippen LogP contribution in [0.2, 0.25) is 0 Å². The molecule has 0 bridgehead atoms. The van der Waals surface area contributed by atoms with Crippen molar-refractivity contribution in [3.05, 3.63) is 94.9 Å². The lowest BCUT2D eigenvalue weighted by Gasteiger charge is -2.36. The van der Waals surface area contributed by atoms with Crippen LogP contribution in [0.15, 0.2) is 54.9 Å². The highest BCUT2D eigenvalue weighted by molar-refractivity contribution is 5.82. The van der Waals surface area contributed by atoms with Gasteiger partial charge in [0.05, 0.1) is 17.7 Å². The molecular weight excluding hydrogens is 510 g/mol. The fourth-order valence-corrected chi connectivity index (χ4v) is 5.50. The summed E-state index contributed by atoms with van der Waals surface area (Å²) in [6.07, 6.45) is 5.99. The summed E-state index contributed by atoms with van der Waals surface area (Å²) in [5.41, 5.74) is 2.38. The molecule has 1 aliphatic carbocycles. The van der Waals surface area contributed by atoms with Crippen LogP contribution in [0.5, 0.6) is 17.2 Å². The molecule has 1 unspecified atom stereocenters. The number of H-pyrrole nitrogens is 2. The zero-order valence-corrected chi connectivity index (χ0v) is 20.9. The number of hydrogen-bond donors (Lipinski definition) is 2. The Morgan fingerprint density at radius 1 is 1.03 bits per heavy atom. The summed E-state index contributed by atoms with van der Waals surface area (Å²) < 4.78 is 70.5. The van der Waals surface area contributed by atoms with Gasteiger partial charge in [-0.3, -0.25) is 0 Å². The fraction of sp³-hybridized carbons (Fsp3) is 0.233. The summed E-state index contributed by atoms with van der Waals surface area (Å²) in [4.78, 5) is 10.2. The Kier molecular flexibility index (Phi) is 5.27. The Morgan fingerprint density at radius 3 is 2.69 bits per heavy atom. The van der Waals surface area contributed by atoms with Crippen LogP contribution in [0.3, 0.4) is 0 Å². The van der Waals surface area contributed by atoms with Crippen LogP contribution in [0, 0.1) is 23.3 Å². The molecule has 9 heteroatoms. The SMILES string of the molecule is CC1(c2cnc(-c3cc(Oc4c(F)c(F)c5[nH]ccc5c4F)ccc3F)[nH]2)CCOc2c(C3CC3)cccc21. The Morgan fingerprint density at radius 2 is 1.87 bits per heavy atom. The number of hydrogen-bond acceptors (Lipinski definition) is 3. The van der Waals surface area contributed by atoms with Gasteiger partial charge in [0.15, 0.2) is 11.6 Å². The molecule has 3 heterocycles. The Balaban J connectivity index is 1.25. The first-order valence-corrected chi connectivity index (χ1v) is 12.8. The quantitative estimate of drug-likeness (QED) is 0.179. The third-order valence-corrected chi connectivity index (χ3v) is 7.88. The van der Waals surface area contributed by atoms with Gasteiger partial charge in [-0.25, -0.2) is 18.2 Å². The van der Waals surface area contributed by atoms with Crippen LogP contribution in [0.1, 0.15) is 48.9 Å². The van der Waals surface area contributed by atoms with Gasteiger partial charge in [0, 0.05) is 34.5 Å². The second-order valence-electron chi connectivity index (χ2n) is 10.4. The van der Waals surface area contributed by atoms with E-state index in [0.717, 1.165) is 35.9 Å². The minimum Gasteiger partial charge on any atom is -0.493 e. The predicted molar refractivity (Wildman–Crippen MR) is 137 cm³/mol. The molecule has 3 aromatic carbocycles. The number of benzene rings is 3. The number of aromatic nitrogens is 3. The van der Waals surface area contributed by atoms with Crippen molar-refractivity contribution in [3.63, 3.8) is 0 Å². The fourth-order valence-electron chi connectivity index (χ4n) is 5.50. The highest BCUT2D eigenvalue weighted by atomic mass is 19.2. The van der Waals surface area contributed by atoms with E-state index in [0.29, 0.717) is 18.9 Å². The smallest absolute Gasteiger partial charge is 0.206 e. The highest BCUT2D eigenvalue weighted by Gasteiger charge is 2.40. The lowest BCUT2D eigenvalue weighted by atomic mass is 9.74. The number of para-hydroxylation sites is 1. The van der Waals surface area contributed by atoms with Gasteiger partial charge in [-0.2, -0.15) is 4.39 Å². The largest absolute Gasteiger partial charge is 0.493 e. The maximum atomic E-state index is 15.0. The average Bonchev–Trinajstić information content (AvgIpc) is 3.44. The van der Waals surface area contributed by atoms with Crippen LogP contribution in [0.4, 0.5) is 17.6 Å². The normalized spacial score (nSPS) is 18.7. The first kappa shape index (κ1) is 23.8. The third kappa shape index (κ3) is 3.71. The average molecular weight is 534 g/mol. The third-order valence-electron chi connectivity index (χ3n) is 7.88. The zero-order valence-electron chi connectivity index (χ0n) is 20.9. The van der Waals surface area contributed by atoms with E-state index in [4.69, 9.17) is 9.47 Å². The molecule has 1 aliphatic heterocycles. The van der Waals surface area contributed by atoms with Gasteiger partial charge in [-0.05, 0) is 61.9 Å². The van der Waals surface area contributed by atoms with Crippen LogP contribution < -0.4 is 9.47 Å². The van der Waals surface area contributed by atoms with Crippen molar-refractivity contribution in [2.24, 2.45) is 0 Å². The molecule has 2 N–H and O–H groups in total. The molecule has 1 fully saturated rings. The van der Waals surface area contributed by atoms with Crippen molar-refractivity contribution in [1.82, 2.24) is 15.0 Å². The van der Waals surface area contributed by atoms with E-state index in [1.54, 1.807) is 6.20 Å². The molecule has 5 nitrogen and oxygen atoms in total. The monoisotopic (exact) mass is 533 g/mol. The number of fused-ring (bicyclic) bond motifs is 2. The van der Waals surface area contributed by atoms with Crippen molar-refractivity contribution in [3.8, 4) is 28.6 Å². The minimum absolute atomic E-state index is 0.0466. The van der Waals surface area contributed by atoms with Crippen LogP contribution in [-0.2, 0) is 5.41 Å². The number of aromatic amines is 2. The number of nitrogens with zero attached hydrogens (tertiary/aromatic N) is 1. The van der Waals surface area contributed by atoms with Gasteiger partial charge in [0.25, 0.3) is 0 Å². The number of rotatable bonds is 5. The molecule has 2 aliphatic rings. The molecule has 2 aromatic heterocycles. The van der Waals surface area contributed by atoms with E-state index >= 15 is 0 Å². The molecule has 5 aromatic rings. The summed E-state index contributed by atoms with van der Waals surface area (Å²) in [5, 5.41) is -0.156. The summed E-state index contributed by atoms with van der Waals surface area (Å²) in [7, 11) is 0. The molecule has 1 saturated carbocycles. The first-order valence-electron chi connectivity index (χ1n) is 12.8. The summed E-state index contributed by atoms with van der Waals surface area (Å²) >= 11 is 0. The van der Waals surface area contributed by atoms with Crippen LogP contribution >= 0.6 is 0 Å². The van der Waals surface area contributed by atoms with Crippen LogP contribution in [0.25, 0.3) is 22.3 Å². The topological polar surface area (TPSA) is 62.9 Å². The summed E-state index contributed by atoms with van der Waals surface area (Å²) in [5.74, 6) is -3.72. The van der Waals surface area contributed by atoms with Crippen LogP contribution in [-0.4, -0.2) is 21.6 Å². The van der Waals surface area contributed by atoms with Crippen molar-refractivity contribution in [2.75, 3.05) is 6.61 Å². The minimum atomic E-state index is -1.48. The lowest BCUT2D eigenvalue weighted by molar-refractivity contribution is 0.239. The molecule has 0 amide bonds. The Bertz CT molecular complexity index is 1760. The molecule has 0 spiro atoms. The Hall–Kier alpha value is -4.27. The highest BCUT2D eigenvalue weighted by Crippen LogP contribution is 2.51. The molecule has 198 valence electrons. The second-order valence-corrected chi connectivity index (χ2v) is 10.4. The lowest BCUT2D eigenvalue weighted by Crippen LogP contribution is -2.32. The van der Waals surface area contributed by atoms with Gasteiger partial charge < -0.3 is 19.4 Å². The van der Waals surface area contributed by atoms with E-state index in [2.05, 4.69) is 34.0 Å². The molecular formula is C30H23F4N3O2. The van der Waals surface area contributed by atoms with E-state index in [1.807, 2.05) is 6.07 Å². The van der Waals surface area contributed by atoms with Crippen molar-refractivity contribution < 1.29 is 27.0 Å². The van der Waals surface area contributed by atoms with E-state index < -0.39 is 34.4 Å². The molecule has 0 saturated heterocycles. The molecule has 0 radical (unpaired) electrons. The summed E-state index contributed by atoms with van der Waals surface area (Å²) in [6.45, 7) is 2.65. The van der Waals surface area contributed by atoms with E-state index in [9.17, 15) is 17.6 Å². The number of imidazole rings is 1. The Labute approximate surface area is 220 Å². The zero-order chi connectivity index (χ0) is 26.9. The van der Waals surface area contributed by atoms with Crippen molar-refractivity contribution in [2.45, 2.75) is 37.5 Å². The van der Waals surface area contributed by atoms with Gasteiger partial charge in [0.1, 0.15) is 23.1 Å². The maximum Gasteiger partial charge on any atom is 0.206 e. The molecule has 7 rings (SSSR count). The number of halogens is 4. The predicted octanol–water partition coefficient (Wildman–Crippen LogP) is 7.87.